The number of nitrogens with two attached hydrogens (primary N) is 1. The van der Waals surface area contributed by atoms with E-state index in [-0.39, 0.29) is 0 Å². The van der Waals surface area contributed by atoms with E-state index >= 15 is 0 Å². The van der Waals surface area contributed by atoms with Crippen molar-refractivity contribution in [1.82, 2.24) is 9.38 Å². The van der Waals surface area contributed by atoms with Gasteiger partial charge in [0.1, 0.15) is 5.65 Å². The van der Waals surface area contributed by atoms with E-state index < -0.39 is 0 Å². The molecule has 3 aromatic rings. The van der Waals surface area contributed by atoms with Gasteiger partial charge < -0.3 is 10.1 Å². The van der Waals surface area contributed by atoms with E-state index in [9.17, 15) is 0 Å². The van der Waals surface area contributed by atoms with Gasteiger partial charge in [-0.1, -0.05) is 37.3 Å². The van der Waals surface area contributed by atoms with Crippen LogP contribution in [0.4, 0.5) is 0 Å². The molecule has 0 fully saturated rings. The smallest absolute Gasteiger partial charge is 0.137 e. The monoisotopic (exact) mass is 293 g/mol. The third kappa shape index (κ3) is 2.90. The van der Waals surface area contributed by atoms with Gasteiger partial charge in [0, 0.05) is 24.7 Å². The van der Waals surface area contributed by atoms with Crippen LogP contribution in [0.3, 0.4) is 0 Å². The number of aromatic nitrogens is 2. The summed E-state index contributed by atoms with van der Waals surface area (Å²) in [5, 5.41) is 0. The Morgan fingerprint density at radius 1 is 1.05 bits per heavy atom. The zero-order chi connectivity index (χ0) is 15.5. The van der Waals surface area contributed by atoms with E-state index in [0.717, 1.165) is 30.6 Å². The molecule has 2 aromatic heterocycles. The molecule has 2 heterocycles. The van der Waals surface area contributed by atoms with E-state index in [1.165, 1.54) is 22.4 Å². The molecule has 22 heavy (non-hydrogen) atoms. The van der Waals surface area contributed by atoms with E-state index in [1.54, 1.807) is 0 Å². The summed E-state index contributed by atoms with van der Waals surface area (Å²) in [5.41, 5.74) is 13.1. The number of imidazole rings is 1. The maximum Gasteiger partial charge on any atom is 0.137 e. The molecule has 0 amide bonds. The summed E-state index contributed by atoms with van der Waals surface area (Å²) >= 11 is 0. The highest BCUT2D eigenvalue weighted by atomic mass is 15.0. The Bertz CT molecular complexity index is 769. The van der Waals surface area contributed by atoms with E-state index in [2.05, 4.69) is 60.8 Å². The summed E-state index contributed by atoms with van der Waals surface area (Å²) in [6, 6.07) is 13.0. The quantitative estimate of drug-likeness (QED) is 0.784. The van der Waals surface area contributed by atoms with Gasteiger partial charge in [0.15, 0.2) is 0 Å². The number of aryl methyl sites for hydroxylation is 2. The summed E-state index contributed by atoms with van der Waals surface area (Å²) in [6.07, 6.45) is 4.94. The lowest BCUT2D eigenvalue weighted by Crippen LogP contribution is -2.07. The third-order valence-corrected chi connectivity index (χ3v) is 4.13. The molecule has 0 atom stereocenters. The first-order valence-corrected chi connectivity index (χ1v) is 7.95. The van der Waals surface area contributed by atoms with Crippen LogP contribution in [0.25, 0.3) is 5.65 Å². The van der Waals surface area contributed by atoms with Gasteiger partial charge in [0.05, 0.1) is 5.69 Å². The summed E-state index contributed by atoms with van der Waals surface area (Å²) in [7, 11) is 0. The minimum absolute atomic E-state index is 0.642. The lowest BCUT2D eigenvalue weighted by atomic mass is 10.0. The van der Waals surface area contributed by atoms with E-state index in [1.807, 2.05) is 0 Å². The van der Waals surface area contributed by atoms with Crippen molar-refractivity contribution in [3.05, 3.63) is 70.7 Å². The summed E-state index contributed by atoms with van der Waals surface area (Å²) < 4.78 is 2.19. The Kier molecular flexibility index (Phi) is 4.25. The van der Waals surface area contributed by atoms with E-state index in [0.29, 0.717) is 6.54 Å². The van der Waals surface area contributed by atoms with Gasteiger partial charge >= 0.3 is 0 Å². The Morgan fingerprint density at radius 3 is 2.45 bits per heavy atom. The normalized spacial score (nSPS) is 11.2. The highest BCUT2D eigenvalue weighted by molar-refractivity contribution is 5.46. The number of hydrogen-bond acceptors (Lipinski definition) is 2. The van der Waals surface area contributed by atoms with Crippen LogP contribution in [0, 0.1) is 6.92 Å². The van der Waals surface area contributed by atoms with Crippen LogP contribution in [-0.4, -0.2) is 15.9 Å². The van der Waals surface area contributed by atoms with Gasteiger partial charge in [-0.3, -0.25) is 0 Å². The molecule has 114 valence electrons. The number of rotatable bonds is 5. The predicted octanol–water partition coefficient (Wildman–Crippen LogP) is 3.30. The topological polar surface area (TPSA) is 43.3 Å². The summed E-state index contributed by atoms with van der Waals surface area (Å²) in [6.45, 7) is 4.93. The molecule has 3 nitrogen and oxygen atoms in total. The fourth-order valence-electron chi connectivity index (χ4n) is 2.88. The van der Waals surface area contributed by atoms with Crippen molar-refractivity contribution >= 4 is 5.65 Å². The number of pyridine rings is 1. The standard InChI is InChI=1S/C19H23N3/c1-3-15-5-7-16(8-6-15)12-17-18(10-11-20)22-13-14(2)4-9-19(22)21-17/h4-9,13H,3,10-12,20H2,1-2H3. The average molecular weight is 293 g/mol. The highest BCUT2D eigenvalue weighted by Gasteiger charge is 2.12. The largest absolute Gasteiger partial charge is 0.330 e. The third-order valence-electron chi connectivity index (χ3n) is 4.13. The Hall–Kier alpha value is -2.13. The van der Waals surface area contributed by atoms with Crippen molar-refractivity contribution in [2.24, 2.45) is 5.73 Å². The number of hydrogen-bond donors (Lipinski definition) is 1. The second kappa shape index (κ2) is 6.32. The maximum absolute atomic E-state index is 5.81. The van der Waals surface area contributed by atoms with Crippen molar-refractivity contribution < 1.29 is 0 Å². The van der Waals surface area contributed by atoms with Crippen LogP contribution in [0.2, 0.25) is 0 Å². The Balaban J connectivity index is 1.99. The number of benzene rings is 1. The van der Waals surface area contributed by atoms with Crippen molar-refractivity contribution in [2.45, 2.75) is 33.1 Å². The highest BCUT2D eigenvalue weighted by Crippen LogP contribution is 2.18. The van der Waals surface area contributed by atoms with Crippen LogP contribution >= 0.6 is 0 Å². The predicted molar refractivity (Wildman–Crippen MR) is 91.3 cm³/mol. The summed E-state index contributed by atoms with van der Waals surface area (Å²) in [4.78, 5) is 4.82. The first kappa shape index (κ1) is 14.8. The lowest BCUT2D eigenvalue weighted by Gasteiger charge is -2.05. The van der Waals surface area contributed by atoms with Crippen LogP contribution in [0.5, 0.6) is 0 Å². The maximum atomic E-state index is 5.81. The molecule has 0 aliphatic heterocycles. The molecule has 0 bridgehead atoms. The minimum Gasteiger partial charge on any atom is -0.330 e. The molecule has 1 aromatic carbocycles. The average Bonchev–Trinajstić information content (AvgIpc) is 2.86. The van der Waals surface area contributed by atoms with Crippen LogP contribution < -0.4 is 5.73 Å². The fraction of sp³-hybridized carbons (Fsp3) is 0.316. The molecule has 0 saturated heterocycles. The van der Waals surface area contributed by atoms with Gasteiger partial charge in [-0.2, -0.15) is 0 Å². The molecule has 0 aliphatic carbocycles. The zero-order valence-corrected chi connectivity index (χ0v) is 13.3. The molecule has 3 rings (SSSR count). The van der Waals surface area contributed by atoms with Gasteiger partial charge in [-0.15, -0.1) is 0 Å². The van der Waals surface area contributed by atoms with Crippen molar-refractivity contribution in [1.29, 1.82) is 0 Å². The van der Waals surface area contributed by atoms with Gasteiger partial charge in [-0.05, 0) is 42.6 Å². The molecule has 0 unspecified atom stereocenters. The molecule has 3 heteroatoms. The van der Waals surface area contributed by atoms with Crippen LogP contribution in [-0.2, 0) is 19.3 Å². The lowest BCUT2D eigenvalue weighted by molar-refractivity contribution is 0.880. The second-order valence-corrected chi connectivity index (χ2v) is 5.83. The fourth-order valence-corrected chi connectivity index (χ4v) is 2.88. The molecule has 0 saturated carbocycles. The Labute approximate surface area is 131 Å². The van der Waals surface area contributed by atoms with E-state index in [4.69, 9.17) is 10.7 Å². The van der Waals surface area contributed by atoms with Crippen molar-refractivity contribution in [2.75, 3.05) is 6.54 Å². The first-order valence-electron chi connectivity index (χ1n) is 7.95. The Morgan fingerprint density at radius 2 is 1.77 bits per heavy atom. The number of fused-ring (bicyclic) bond motifs is 1. The van der Waals surface area contributed by atoms with Gasteiger partial charge in [0.25, 0.3) is 0 Å². The first-order chi connectivity index (χ1) is 10.7. The zero-order valence-electron chi connectivity index (χ0n) is 13.3. The van der Waals surface area contributed by atoms with Gasteiger partial charge in [-0.25, -0.2) is 4.98 Å². The minimum atomic E-state index is 0.642. The molecular weight excluding hydrogens is 270 g/mol. The van der Waals surface area contributed by atoms with Crippen LogP contribution in [0.15, 0.2) is 42.6 Å². The molecule has 0 spiro atoms. The summed E-state index contributed by atoms with van der Waals surface area (Å²) in [5.74, 6) is 0. The van der Waals surface area contributed by atoms with Crippen molar-refractivity contribution in [3.8, 4) is 0 Å². The molecular formula is C19H23N3. The second-order valence-electron chi connectivity index (χ2n) is 5.83. The molecule has 0 aliphatic rings. The SMILES string of the molecule is CCc1ccc(Cc2nc3ccc(C)cn3c2CCN)cc1. The van der Waals surface area contributed by atoms with Crippen LogP contribution in [0.1, 0.15) is 35.0 Å². The van der Waals surface area contributed by atoms with Crippen molar-refractivity contribution in [3.63, 3.8) is 0 Å². The molecule has 2 N–H and O–H groups in total. The van der Waals surface area contributed by atoms with Gasteiger partial charge in [0.2, 0.25) is 0 Å². The number of nitrogens with zero attached hydrogens (tertiary/aromatic N) is 2. The molecule has 0 radical (unpaired) electrons.